The molecule has 0 saturated heterocycles. The number of nitrogens with one attached hydrogen (secondary N) is 2. The first-order valence-electron chi connectivity index (χ1n) is 9.67. The van der Waals surface area contributed by atoms with Crippen LogP contribution in [0.15, 0.2) is 53.5 Å². The number of anilines is 1. The lowest BCUT2D eigenvalue weighted by molar-refractivity contribution is -0.118. The van der Waals surface area contributed by atoms with Gasteiger partial charge in [-0.05, 0) is 42.2 Å². The van der Waals surface area contributed by atoms with Gasteiger partial charge in [0, 0.05) is 38.8 Å². The van der Waals surface area contributed by atoms with Crippen LogP contribution in [-0.4, -0.2) is 39.1 Å². The third-order valence-electron chi connectivity index (χ3n) is 4.89. The van der Waals surface area contributed by atoms with Crippen LogP contribution in [0.3, 0.4) is 0 Å². The van der Waals surface area contributed by atoms with Gasteiger partial charge >= 0.3 is 0 Å². The summed E-state index contributed by atoms with van der Waals surface area (Å²) in [5.41, 5.74) is 3.47. The fourth-order valence-corrected chi connectivity index (χ4v) is 3.33. The molecule has 1 aliphatic heterocycles. The quantitative estimate of drug-likeness (QED) is 0.261. The molecule has 0 saturated carbocycles. The van der Waals surface area contributed by atoms with Gasteiger partial charge in [-0.3, -0.25) is 9.79 Å². The molecule has 3 rings (SSSR count). The zero-order valence-electron chi connectivity index (χ0n) is 17.0. The van der Waals surface area contributed by atoms with E-state index < -0.39 is 0 Å². The molecule has 1 aliphatic rings. The highest BCUT2D eigenvalue weighted by Crippen LogP contribution is 2.27. The van der Waals surface area contributed by atoms with E-state index in [2.05, 4.69) is 21.7 Å². The van der Waals surface area contributed by atoms with Gasteiger partial charge in [0.1, 0.15) is 5.75 Å². The number of hydrogen-bond donors (Lipinski definition) is 2. The Morgan fingerprint density at radius 3 is 2.62 bits per heavy atom. The Bertz CT molecular complexity index is 824. The zero-order chi connectivity index (χ0) is 19.8. The molecule has 0 atom stereocenters. The minimum Gasteiger partial charge on any atom is -0.497 e. The number of carbonyl (C=O) groups excluding carboxylic acids is 1. The van der Waals surface area contributed by atoms with E-state index >= 15 is 0 Å². The van der Waals surface area contributed by atoms with E-state index in [1.165, 1.54) is 5.56 Å². The number of halogens is 1. The van der Waals surface area contributed by atoms with Crippen molar-refractivity contribution in [2.45, 2.75) is 25.8 Å². The number of methoxy groups -OCH3 is 1. The average Bonchev–Trinajstić information content (AvgIpc) is 3.18. The van der Waals surface area contributed by atoms with Gasteiger partial charge in [0.2, 0.25) is 5.91 Å². The highest BCUT2D eigenvalue weighted by molar-refractivity contribution is 14.0. The van der Waals surface area contributed by atoms with Gasteiger partial charge < -0.3 is 20.3 Å². The van der Waals surface area contributed by atoms with Crippen LogP contribution >= 0.6 is 24.0 Å². The third kappa shape index (κ3) is 6.35. The maximum absolute atomic E-state index is 12.5. The first-order chi connectivity index (χ1) is 13.7. The highest BCUT2D eigenvalue weighted by Gasteiger charge is 2.23. The Hall–Kier alpha value is -2.29. The number of benzene rings is 2. The van der Waals surface area contributed by atoms with Crippen LogP contribution in [0.4, 0.5) is 5.69 Å². The normalized spacial score (nSPS) is 12.8. The Kier molecular flexibility index (Phi) is 9.24. The lowest BCUT2D eigenvalue weighted by atomic mass is 10.2. The zero-order valence-corrected chi connectivity index (χ0v) is 19.3. The van der Waals surface area contributed by atoms with Crippen LogP contribution in [0.2, 0.25) is 0 Å². The van der Waals surface area contributed by atoms with E-state index in [1.54, 1.807) is 14.2 Å². The molecule has 2 aromatic carbocycles. The number of carbonyl (C=O) groups is 1. The van der Waals surface area contributed by atoms with Crippen LogP contribution in [0.1, 0.15) is 24.0 Å². The molecule has 0 radical (unpaired) electrons. The lowest BCUT2D eigenvalue weighted by Gasteiger charge is -2.17. The van der Waals surface area contributed by atoms with Gasteiger partial charge in [0.05, 0.1) is 7.11 Å². The molecule has 0 aromatic heterocycles. The average molecular weight is 508 g/mol. The Morgan fingerprint density at radius 1 is 1.14 bits per heavy atom. The van der Waals surface area contributed by atoms with E-state index in [1.807, 2.05) is 47.4 Å². The van der Waals surface area contributed by atoms with Crippen LogP contribution in [-0.2, 0) is 17.8 Å². The molecule has 29 heavy (non-hydrogen) atoms. The summed E-state index contributed by atoms with van der Waals surface area (Å²) in [5, 5.41) is 6.55. The summed E-state index contributed by atoms with van der Waals surface area (Å²) in [5.74, 6) is 1.76. The second kappa shape index (κ2) is 11.6. The standard InChI is InChI=1S/C22H28N4O2.HI/c1-23-22(25-16-17-9-11-19(28-2)12-10-17)24-14-5-8-21(27)26-15-13-18-6-3-4-7-20(18)26;/h3-4,6-7,9-12H,5,8,13-16H2,1-2H3,(H2,23,24,25);1H. The number of para-hydroxylation sites is 1. The minimum atomic E-state index is 0. The number of ether oxygens (including phenoxy) is 1. The molecule has 1 heterocycles. The number of nitrogens with zero attached hydrogens (tertiary/aromatic N) is 2. The number of aliphatic imine (C=N–C) groups is 1. The number of hydrogen-bond acceptors (Lipinski definition) is 3. The molecule has 156 valence electrons. The molecule has 7 heteroatoms. The van der Waals surface area contributed by atoms with Gasteiger partial charge in [0.15, 0.2) is 5.96 Å². The van der Waals surface area contributed by atoms with Crippen LogP contribution in [0.5, 0.6) is 5.75 Å². The van der Waals surface area contributed by atoms with Crippen molar-refractivity contribution in [3.63, 3.8) is 0 Å². The van der Waals surface area contributed by atoms with Crippen LogP contribution in [0, 0.1) is 0 Å². The molecule has 2 N–H and O–H groups in total. The summed E-state index contributed by atoms with van der Waals surface area (Å²) < 4.78 is 5.17. The largest absolute Gasteiger partial charge is 0.497 e. The van der Waals surface area contributed by atoms with Gasteiger partial charge in [-0.25, -0.2) is 0 Å². The summed E-state index contributed by atoms with van der Waals surface area (Å²) in [7, 11) is 3.40. The van der Waals surface area contributed by atoms with Gasteiger partial charge in [-0.2, -0.15) is 0 Å². The molecule has 2 aromatic rings. The van der Waals surface area contributed by atoms with E-state index in [-0.39, 0.29) is 29.9 Å². The fraction of sp³-hybridized carbons (Fsp3) is 0.364. The Morgan fingerprint density at radius 2 is 1.90 bits per heavy atom. The maximum Gasteiger partial charge on any atom is 0.227 e. The molecule has 0 aliphatic carbocycles. The SMILES string of the molecule is CN=C(NCCCC(=O)N1CCc2ccccc21)NCc1ccc(OC)cc1.I. The van der Waals surface area contributed by atoms with Crippen LogP contribution in [0.25, 0.3) is 0 Å². The molecule has 6 nitrogen and oxygen atoms in total. The number of rotatable bonds is 7. The molecular formula is C22H29IN4O2. The molecule has 0 unspecified atom stereocenters. The van der Waals surface area contributed by atoms with E-state index in [9.17, 15) is 4.79 Å². The van der Waals surface area contributed by atoms with Crippen molar-refractivity contribution in [1.82, 2.24) is 10.6 Å². The summed E-state index contributed by atoms with van der Waals surface area (Å²) in [4.78, 5) is 18.7. The van der Waals surface area contributed by atoms with Gasteiger partial charge in [0.25, 0.3) is 0 Å². The predicted octanol–water partition coefficient (Wildman–Crippen LogP) is 3.35. The third-order valence-corrected chi connectivity index (χ3v) is 4.89. The second-order valence-corrected chi connectivity index (χ2v) is 6.73. The van der Waals surface area contributed by atoms with E-state index in [0.717, 1.165) is 42.3 Å². The van der Waals surface area contributed by atoms with Crippen molar-refractivity contribution in [2.24, 2.45) is 4.99 Å². The topological polar surface area (TPSA) is 66.0 Å². The Balaban J connectivity index is 0.00000300. The lowest BCUT2D eigenvalue weighted by Crippen LogP contribution is -2.37. The van der Waals surface area contributed by atoms with Crippen molar-refractivity contribution in [3.05, 3.63) is 59.7 Å². The Labute approximate surface area is 189 Å². The van der Waals surface area contributed by atoms with Gasteiger partial charge in [-0.15, -0.1) is 24.0 Å². The first kappa shape index (κ1) is 23.0. The summed E-state index contributed by atoms with van der Waals surface area (Å²) in [6, 6.07) is 16.1. The number of amides is 1. The number of guanidine groups is 1. The van der Waals surface area contributed by atoms with Crippen molar-refractivity contribution < 1.29 is 9.53 Å². The first-order valence-corrected chi connectivity index (χ1v) is 9.67. The summed E-state index contributed by atoms with van der Waals surface area (Å²) >= 11 is 0. The molecular weight excluding hydrogens is 479 g/mol. The number of fused-ring (bicyclic) bond motifs is 1. The summed E-state index contributed by atoms with van der Waals surface area (Å²) in [6.45, 7) is 2.16. The van der Waals surface area contributed by atoms with Crippen LogP contribution < -0.4 is 20.3 Å². The van der Waals surface area contributed by atoms with Crippen molar-refractivity contribution >= 4 is 41.5 Å². The molecule has 1 amide bonds. The summed E-state index contributed by atoms with van der Waals surface area (Å²) in [6.07, 6.45) is 2.24. The monoisotopic (exact) mass is 508 g/mol. The molecule has 0 fully saturated rings. The predicted molar refractivity (Wildman–Crippen MR) is 128 cm³/mol. The highest BCUT2D eigenvalue weighted by atomic mass is 127. The molecule has 0 bridgehead atoms. The second-order valence-electron chi connectivity index (χ2n) is 6.73. The maximum atomic E-state index is 12.5. The van der Waals surface area contributed by atoms with Crippen molar-refractivity contribution in [1.29, 1.82) is 0 Å². The van der Waals surface area contributed by atoms with Crippen molar-refractivity contribution in [2.75, 3.05) is 32.1 Å². The fourth-order valence-electron chi connectivity index (χ4n) is 3.33. The minimum absolute atomic E-state index is 0. The van der Waals surface area contributed by atoms with E-state index in [0.29, 0.717) is 19.5 Å². The van der Waals surface area contributed by atoms with Gasteiger partial charge in [-0.1, -0.05) is 30.3 Å². The smallest absolute Gasteiger partial charge is 0.227 e. The van der Waals surface area contributed by atoms with E-state index in [4.69, 9.17) is 4.74 Å². The molecule has 0 spiro atoms. The van der Waals surface area contributed by atoms with Crippen molar-refractivity contribution in [3.8, 4) is 5.75 Å².